The van der Waals surface area contributed by atoms with Crippen molar-refractivity contribution in [2.75, 3.05) is 13.1 Å². The van der Waals surface area contributed by atoms with Gasteiger partial charge in [0.15, 0.2) is 5.82 Å². The molecule has 100 valence electrons. The first kappa shape index (κ1) is 12.2. The number of rotatable bonds is 3. The normalized spacial score (nSPS) is 31.5. The molecule has 1 aromatic heterocycles. The van der Waals surface area contributed by atoms with Gasteiger partial charge in [-0.05, 0) is 38.0 Å². The Hall–Kier alpha value is -0.900. The highest BCUT2D eigenvalue weighted by molar-refractivity contribution is 5.05. The van der Waals surface area contributed by atoms with Crippen LogP contribution in [-0.2, 0) is 0 Å². The number of likely N-dealkylation sites (tertiary alicyclic amines) is 1. The molecular weight excluding hydrogens is 226 g/mol. The van der Waals surface area contributed by atoms with Gasteiger partial charge in [0.2, 0.25) is 5.89 Å². The van der Waals surface area contributed by atoms with Crippen LogP contribution >= 0.6 is 0 Å². The highest BCUT2D eigenvalue weighted by Crippen LogP contribution is 2.39. The van der Waals surface area contributed by atoms with Crippen molar-refractivity contribution >= 4 is 0 Å². The molecular formula is C14H23N3O. The van der Waals surface area contributed by atoms with Crippen LogP contribution in [0.15, 0.2) is 4.52 Å². The molecule has 0 bridgehead atoms. The third-order valence-electron chi connectivity index (χ3n) is 4.20. The standard InChI is InChI=1S/C14H23N3O/c1-9-6-10(2)8-17(7-9)11(3)14-15-13(16-18-14)12-4-5-12/h9-12H,4-8H2,1-3H3/t9-,10+,11-/m0/s1. The van der Waals surface area contributed by atoms with Crippen LogP contribution in [0.4, 0.5) is 0 Å². The molecule has 0 spiro atoms. The van der Waals surface area contributed by atoms with E-state index in [0.717, 1.165) is 36.6 Å². The van der Waals surface area contributed by atoms with E-state index in [4.69, 9.17) is 4.52 Å². The minimum atomic E-state index is 0.259. The van der Waals surface area contributed by atoms with Gasteiger partial charge in [0.1, 0.15) is 0 Å². The predicted molar refractivity (Wildman–Crippen MR) is 69.2 cm³/mol. The average Bonchev–Trinajstić information content (AvgIpc) is 3.05. The SMILES string of the molecule is C[C@@H]1C[C@H](C)CN([C@@H](C)c2nc(C3CC3)no2)C1. The van der Waals surface area contributed by atoms with Crippen molar-refractivity contribution in [2.24, 2.45) is 11.8 Å². The Balaban J connectivity index is 1.69. The number of nitrogens with zero attached hydrogens (tertiary/aromatic N) is 3. The van der Waals surface area contributed by atoms with Crippen LogP contribution in [0.5, 0.6) is 0 Å². The summed E-state index contributed by atoms with van der Waals surface area (Å²) in [5.41, 5.74) is 0. The lowest BCUT2D eigenvalue weighted by molar-refractivity contribution is 0.0866. The molecule has 1 aromatic rings. The second-order valence-electron chi connectivity index (χ2n) is 6.34. The molecule has 2 aliphatic rings. The molecule has 0 amide bonds. The topological polar surface area (TPSA) is 42.2 Å². The summed E-state index contributed by atoms with van der Waals surface area (Å²) in [5, 5.41) is 4.12. The maximum absolute atomic E-state index is 5.45. The quantitative estimate of drug-likeness (QED) is 0.826. The molecule has 2 fully saturated rings. The molecule has 2 heterocycles. The van der Waals surface area contributed by atoms with Gasteiger partial charge in [-0.1, -0.05) is 19.0 Å². The number of aromatic nitrogens is 2. The second-order valence-corrected chi connectivity index (χ2v) is 6.34. The largest absolute Gasteiger partial charge is 0.338 e. The van der Waals surface area contributed by atoms with Gasteiger partial charge in [-0.25, -0.2) is 0 Å². The van der Waals surface area contributed by atoms with Crippen molar-refractivity contribution in [3.63, 3.8) is 0 Å². The summed E-state index contributed by atoms with van der Waals surface area (Å²) < 4.78 is 5.45. The molecule has 3 rings (SSSR count). The molecule has 1 saturated carbocycles. The molecule has 1 saturated heterocycles. The molecule has 1 aliphatic carbocycles. The zero-order chi connectivity index (χ0) is 12.7. The van der Waals surface area contributed by atoms with Gasteiger partial charge in [-0.3, -0.25) is 4.90 Å². The van der Waals surface area contributed by atoms with E-state index >= 15 is 0 Å². The van der Waals surface area contributed by atoms with E-state index in [2.05, 4.69) is 35.8 Å². The van der Waals surface area contributed by atoms with Crippen LogP contribution in [0, 0.1) is 11.8 Å². The molecule has 1 aliphatic heterocycles. The monoisotopic (exact) mass is 249 g/mol. The zero-order valence-corrected chi connectivity index (χ0v) is 11.6. The van der Waals surface area contributed by atoms with Crippen LogP contribution in [0.2, 0.25) is 0 Å². The fourth-order valence-corrected chi connectivity index (χ4v) is 3.11. The molecule has 4 nitrogen and oxygen atoms in total. The van der Waals surface area contributed by atoms with E-state index in [1.807, 2.05) is 0 Å². The van der Waals surface area contributed by atoms with Gasteiger partial charge < -0.3 is 4.52 Å². The van der Waals surface area contributed by atoms with Crippen LogP contribution in [-0.4, -0.2) is 28.1 Å². The first-order valence-corrected chi connectivity index (χ1v) is 7.21. The van der Waals surface area contributed by atoms with Crippen LogP contribution in [0.3, 0.4) is 0 Å². The highest BCUT2D eigenvalue weighted by atomic mass is 16.5. The minimum Gasteiger partial charge on any atom is -0.338 e. The summed E-state index contributed by atoms with van der Waals surface area (Å²) in [4.78, 5) is 7.07. The summed E-state index contributed by atoms with van der Waals surface area (Å²) in [6, 6.07) is 0.259. The summed E-state index contributed by atoms with van der Waals surface area (Å²) in [6.45, 7) is 9.14. The summed E-state index contributed by atoms with van der Waals surface area (Å²) in [5.74, 6) is 3.84. The van der Waals surface area contributed by atoms with Gasteiger partial charge in [-0.2, -0.15) is 4.98 Å². The molecule has 0 N–H and O–H groups in total. The lowest BCUT2D eigenvalue weighted by atomic mass is 9.91. The van der Waals surface area contributed by atoms with E-state index in [-0.39, 0.29) is 6.04 Å². The van der Waals surface area contributed by atoms with Crippen molar-refractivity contribution in [2.45, 2.75) is 52.0 Å². The lowest BCUT2D eigenvalue weighted by Gasteiger charge is -2.37. The van der Waals surface area contributed by atoms with Gasteiger partial charge in [0.25, 0.3) is 0 Å². The summed E-state index contributed by atoms with van der Waals surface area (Å²) in [6.07, 6.45) is 3.79. The zero-order valence-electron chi connectivity index (χ0n) is 11.6. The van der Waals surface area contributed by atoms with E-state index in [0.29, 0.717) is 5.92 Å². The maximum atomic E-state index is 5.45. The Morgan fingerprint density at radius 2 is 1.89 bits per heavy atom. The smallest absolute Gasteiger partial charge is 0.243 e. The second kappa shape index (κ2) is 4.65. The van der Waals surface area contributed by atoms with E-state index < -0.39 is 0 Å². The Morgan fingerprint density at radius 3 is 2.50 bits per heavy atom. The Morgan fingerprint density at radius 1 is 1.22 bits per heavy atom. The number of hydrogen-bond acceptors (Lipinski definition) is 4. The van der Waals surface area contributed by atoms with Crippen molar-refractivity contribution in [1.29, 1.82) is 0 Å². The van der Waals surface area contributed by atoms with Crippen LogP contribution in [0.25, 0.3) is 0 Å². The number of hydrogen-bond donors (Lipinski definition) is 0. The van der Waals surface area contributed by atoms with Crippen LogP contribution in [0.1, 0.15) is 63.7 Å². The van der Waals surface area contributed by atoms with Crippen molar-refractivity contribution < 1.29 is 4.52 Å². The van der Waals surface area contributed by atoms with Gasteiger partial charge in [0.05, 0.1) is 6.04 Å². The Bertz CT molecular complexity index is 403. The van der Waals surface area contributed by atoms with Crippen molar-refractivity contribution in [1.82, 2.24) is 15.0 Å². The third kappa shape index (κ3) is 2.44. The van der Waals surface area contributed by atoms with Gasteiger partial charge in [-0.15, -0.1) is 0 Å². The van der Waals surface area contributed by atoms with Crippen molar-refractivity contribution in [3.05, 3.63) is 11.7 Å². The molecule has 0 radical (unpaired) electrons. The predicted octanol–water partition coefficient (Wildman–Crippen LogP) is 2.99. The molecule has 0 unspecified atom stereocenters. The molecule has 4 heteroatoms. The Labute approximate surface area is 109 Å². The van der Waals surface area contributed by atoms with Crippen LogP contribution < -0.4 is 0 Å². The fraction of sp³-hybridized carbons (Fsp3) is 0.857. The first-order chi connectivity index (χ1) is 8.63. The molecule has 18 heavy (non-hydrogen) atoms. The van der Waals surface area contributed by atoms with E-state index in [1.54, 1.807) is 0 Å². The molecule has 0 aromatic carbocycles. The summed E-state index contributed by atoms with van der Waals surface area (Å²) in [7, 11) is 0. The average molecular weight is 249 g/mol. The lowest BCUT2D eigenvalue weighted by Crippen LogP contribution is -2.40. The van der Waals surface area contributed by atoms with E-state index in [1.165, 1.54) is 19.3 Å². The van der Waals surface area contributed by atoms with E-state index in [9.17, 15) is 0 Å². The Kier molecular flexibility index (Phi) is 3.14. The first-order valence-electron chi connectivity index (χ1n) is 7.21. The highest BCUT2D eigenvalue weighted by Gasteiger charge is 2.32. The van der Waals surface area contributed by atoms with Gasteiger partial charge >= 0.3 is 0 Å². The van der Waals surface area contributed by atoms with Gasteiger partial charge in [0, 0.05) is 19.0 Å². The molecule has 3 atom stereocenters. The fourth-order valence-electron chi connectivity index (χ4n) is 3.11. The number of piperidine rings is 1. The summed E-state index contributed by atoms with van der Waals surface area (Å²) >= 11 is 0. The minimum absolute atomic E-state index is 0.259. The van der Waals surface area contributed by atoms with Crippen molar-refractivity contribution in [3.8, 4) is 0 Å². The maximum Gasteiger partial charge on any atom is 0.243 e. The third-order valence-corrected chi connectivity index (χ3v) is 4.20.